The van der Waals surface area contributed by atoms with Gasteiger partial charge in [-0.25, -0.2) is 17.8 Å². The summed E-state index contributed by atoms with van der Waals surface area (Å²) in [6.07, 6.45) is 0.430. The summed E-state index contributed by atoms with van der Waals surface area (Å²) in [7, 11) is -1.49. The molecule has 5 rings (SSSR count). The second-order valence-electron chi connectivity index (χ2n) is 8.96. The first-order valence-corrected chi connectivity index (χ1v) is 15.3. The van der Waals surface area contributed by atoms with E-state index in [1.807, 2.05) is 35.7 Å². The Morgan fingerprint density at radius 2 is 1.92 bits per heavy atom. The standard InChI is InChI=1S/C26H24FN3O4S3/c1-29(20-11-12-37(33,34)16-20)22(31)15-36-26-28-24-23(21(14-35-24)18-7-9-19(27)10-8-18)25(32)30(26)13-17-5-3-2-4-6-17/h2-10,14,20H,11-13,15-16H2,1H3/t20-/m1/s1. The predicted octanol–water partition coefficient (Wildman–Crippen LogP) is 4.05. The van der Waals surface area contributed by atoms with Crippen molar-refractivity contribution in [2.75, 3.05) is 24.3 Å². The number of thioether (sulfide) groups is 1. The van der Waals surface area contributed by atoms with Crippen molar-refractivity contribution in [1.29, 1.82) is 0 Å². The topological polar surface area (TPSA) is 89.3 Å². The van der Waals surface area contributed by atoms with Gasteiger partial charge in [0.25, 0.3) is 5.56 Å². The average molecular weight is 558 g/mol. The maximum absolute atomic E-state index is 13.8. The summed E-state index contributed by atoms with van der Waals surface area (Å²) in [6.45, 7) is 0.272. The monoisotopic (exact) mass is 557 g/mol. The molecule has 1 amide bonds. The van der Waals surface area contributed by atoms with E-state index in [2.05, 4.69) is 0 Å². The Kier molecular flexibility index (Phi) is 7.19. The highest BCUT2D eigenvalue weighted by Gasteiger charge is 2.32. The summed E-state index contributed by atoms with van der Waals surface area (Å²) in [5, 5.41) is 2.71. The Morgan fingerprint density at radius 1 is 1.19 bits per heavy atom. The van der Waals surface area contributed by atoms with E-state index < -0.39 is 9.84 Å². The molecule has 7 nitrogen and oxygen atoms in total. The number of sulfone groups is 1. The van der Waals surface area contributed by atoms with Crippen LogP contribution in [-0.2, 0) is 21.2 Å². The molecule has 11 heteroatoms. The number of rotatable bonds is 7. The molecule has 0 radical (unpaired) electrons. The van der Waals surface area contributed by atoms with E-state index in [1.54, 1.807) is 23.7 Å². The SMILES string of the molecule is CN(C(=O)CSc1nc2scc(-c3ccc(F)cc3)c2c(=O)n1Cc1ccccc1)[C@@H]1CCS(=O)(=O)C1. The second kappa shape index (κ2) is 10.4. The molecular formula is C26H24FN3O4S3. The van der Waals surface area contributed by atoms with Crippen LogP contribution in [0.15, 0.2) is 69.9 Å². The van der Waals surface area contributed by atoms with Gasteiger partial charge in [0, 0.05) is 24.0 Å². The van der Waals surface area contributed by atoms with E-state index in [0.717, 1.165) is 11.1 Å². The minimum Gasteiger partial charge on any atom is -0.341 e. The molecule has 2 aromatic heterocycles. The summed E-state index contributed by atoms with van der Waals surface area (Å²) in [5.41, 5.74) is 2.08. The lowest BCUT2D eigenvalue weighted by atomic mass is 10.1. The Morgan fingerprint density at radius 3 is 2.59 bits per heavy atom. The molecule has 0 N–H and O–H groups in total. The van der Waals surface area contributed by atoms with Gasteiger partial charge in [-0.15, -0.1) is 11.3 Å². The van der Waals surface area contributed by atoms with E-state index in [4.69, 9.17) is 4.98 Å². The molecule has 0 unspecified atom stereocenters. The number of hydrogen-bond acceptors (Lipinski definition) is 7. The van der Waals surface area contributed by atoms with Gasteiger partial charge in [-0.05, 0) is 29.7 Å². The molecular weight excluding hydrogens is 534 g/mol. The van der Waals surface area contributed by atoms with Gasteiger partial charge in [0.2, 0.25) is 5.91 Å². The highest BCUT2D eigenvalue weighted by atomic mass is 32.2. The van der Waals surface area contributed by atoms with Crippen LogP contribution in [0.3, 0.4) is 0 Å². The van der Waals surface area contributed by atoms with Crippen LogP contribution in [0, 0.1) is 5.82 Å². The summed E-state index contributed by atoms with van der Waals surface area (Å²) in [6, 6.07) is 15.2. The van der Waals surface area contributed by atoms with Crippen LogP contribution >= 0.6 is 23.1 Å². The molecule has 1 saturated heterocycles. The lowest BCUT2D eigenvalue weighted by Gasteiger charge is -2.23. The zero-order valence-electron chi connectivity index (χ0n) is 20.0. The number of thiophene rings is 1. The van der Waals surface area contributed by atoms with Crippen molar-refractivity contribution in [3.63, 3.8) is 0 Å². The summed E-state index contributed by atoms with van der Waals surface area (Å²) in [5.74, 6) is -0.482. The summed E-state index contributed by atoms with van der Waals surface area (Å²) >= 11 is 2.49. The van der Waals surface area contributed by atoms with Crippen LogP contribution in [0.4, 0.5) is 4.39 Å². The maximum Gasteiger partial charge on any atom is 0.263 e. The number of carbonyl (C=O) groups is 1. The van der Waals surface area contributed by atoms with E-state index in [-0.39, 0.29) is 47.1 Å². The van der Waals surface area contributed by atoms with Crippen LogP contribution in [-0.4, -0.2) is 59.1 Å². The van der Waals surface area contributed by atoms with Crippen molar-refractivity contribution in [2.45, 2.75) is 24.2 Å². The Hall–Kier alpha value is -3.02. The summed E-state index contributed by atoms with van der Waals surface area (Å²) in [4.78, 5) is 33.5. The molecule has 1 atom stereocenters. The van der Waals surface area contributed by atoms with Crippen LogP contribution in [0.2, 0.25) is 0 Å². The fourth-order valence-electron chi connectivity index (χ4n) is 4.38. The van der Waals surface area contributed by atoms with Gasteiger partial charge in [0.1, 0.15) is 10.6 Å². The van der Waals surface area contributed by atoms with Gasteiger partial charge in [0.05, 0.1) is 29.2 Å². The molecule has 192 valence electrons. The molecule has 0 saturated carbocycles. The number of nitrogens with zero attached hydrogens (tertiary/aromatic N) is 3. The normalized spacial score (nSPS) is 16.8. The van der Waals surface area contributed by atoms with Crippen molar-refractivity contribution >= 4 is 49.1 Å². The molecule has 1 fully saturated rings. The number of hydrogen-bond donors (Lipinski definition) is 0. The smallest absolute Gasteiger partial charge is 0.263 e. The minimum atomic E-state index is -3.11. The molecule has 2 aromatic carbocycles. The second-order valence-corrected chi connectivity index (χ2v) is 13.0. The minimum absolute atomic E-state index is 0.0236. The van der Waals surface area contributed by atoms with E-state index >= 15 is 0 Å². The number of benzene rings is 2. The first-order valence-electron chi connectivity index (χ1n) is 11.6. The number of halogens is 1. The van der Waals surface area contributed by atoms with Gasteiger partial charge in [-0.3, -0.25) is 14.2 Å². The third-order valence-corrected chi connectivity index (χ3v) is 10.1. The maximum atomic E-state index is 13.8. The van der Waals surface area contributed by atoms with E-state index in [1.165, 1.54) is 40.1 Å². The van der Waals surface area contributed by atoms with Crippen LogP contribution in [0.1, 0.15) is 12.0 Å². The van der Waals surface area contributed by atoms with Crippen LogP contribution in [0.5, 0.6) is 0 Å². The molecule has 1 aliphatic rings. The average Bonchev–Trinajstić information content (AvgIpc) is 3.48. The molecule has 37 heavy (non-hydrogen) atoms. The van der Waals surface area contributed by atoms with E-state index in [0.29, 0.717) is 27.4 Å². The fourth-order valence-corrected chi connectivity index (χ4v) is 8.06. The van der Waals surface area contributed by atoms with Gasteiger partial charge in [-0.1, -0.05) is 54.2 Å². The Labute approximate surface area is 221 Å². The third kappa shape index (κ3) is 5.48. The molecule has 3 heterocycles. The first kappa shape index (κ1) is 25.6. The first-order chi connectivity index (χ1) is 17.7. The molecule has 4 aromatic rings. The Balaban J connectivity index is 1.49. The van der Waals surface area contributed by atoms with Crippen molar-refractivity contribution < 1.29 is 17.6 Å². The highest BCUT2D eigenvalue weighted by Crippen LogP contribution is 2.32. The van der Waals surface area contributed by atoms with E-state index in [9.17, 15) is 22.4 Å². The zero-order valence-corrected chi connectivity index (χ0v) is 22.4. The number of carbonyl (C=O) groups excluding carboxylic acids is 1. The van der Waals surface area contributed by atoms with Crippen molar-refractivity contribution in [3.8, 4) is 11.1 Å². The van der Waals surface area contributed by atoms with Crippen molar-refractivity contribution in [3.05, 3.63) is 81.7 Å². The quantitative estimate of drug-likeness (QED) is 0.252. The molecule has 0 bridgehead atoms. The van der Waals surface area contributed by atoms with Gasteiger partial charge in [0.15, 0.2) is 15.0 Å². The van der Waals surface area contributed by atoms with Crippen molar-refractivity contribution in [2.24, 2.45) is 0 Å². The number of amides is 1. The highest BCUT2D eigenvalue weighted by molar-refractivity contribution is 7.99. The molecule has 0 aliphatic carbocycles. The number of aromatic nitrogens is 2. The lowest BCUT2D eigenvalue weighted by molar-refractivity contribution is -0.128. The predicted molar refractivity (Wildman–Crippen MR) is 145 cm³/mol. The zero-order chi connectivity index (χ0) is 26.2. The third-order valence-electron chi connectivity index (χ3n) is 6.47. The van der Waals surface area contributed by atoms with Crippen molar-refractivity contribution in [1.82, 2.24) is 14.5 Å². The molecule has 1 aliphatic heterocycles. The Bertz CT molecular complexity index is 1620. The van der Waals surface area contributed by atoms with Crippen LogP contribution in [0.25, 0.3) is 21.3 Å². The fraction of sp³-hybridized carbons (Fsp3) is 0.269. The largest absolute Gasteiger partial charge is 0.341 e. The number of fused-ring (bicyclic) bond motifs is 1. The summed E-state index contributed by atoms with van der Waals surface area (Å²) < 4.78 is 38.7. The van der Waals surface area contributed by atoms with Crippen LogP contribution < -0.4 is 5.56 Å². The van der Waals surface area contributed by atoms with Gasteiger partial charge >= 0.3 is 0 Å². The van der Waals surface area contributed by atoms with Gasteiger partial charge in [-0.2, -0.15) is 0 Å². The lowest BCUT2D eigenvalue weighted by Crippen LogP contribution is -2.39. The molecule has 0 spiro atoms. The van der Waals surface area contributed by atoms with Gasteiger partial charge < -0.3 is 4.90 Å².